The van der Waals surface area contributed by atoms with Gasteiger partial charge in [0.05, 0.1) is 6.61 Å². The van der Waals surface area contributed by atoms with Gasteiger partial charge in [0.15, 0.2) is 11.5 Å². The van der Waals surface area contributed by atoms with E-state index in [9.17, 15) is 8.78 Å². The molecule has 1 atom stereocenters. The molecule has 6 heteroatoms. The molecule has 0 aromatic heterocycles. The monoisotopic (exact) mass is 231 g/mol. The van der Waals surface area contributed by atoms with Crippen molar-refractivity contribution in [3.8, 4) is 11.5 Å². The second-order valence-corrected chi connectivity index (χ2v) is 3.56. The summed E-state index contributed by atoms with van der Waals surface area (Å²) in [7, 11) is 0. The van der Waals surface area contributed by atoms with Crippen molar-refractivity contribution in [2.45, 2.75) is 18.8 Å². The fourth-order valence-electron chi connectivity index (χ4n) is 1.53. The molecular weight excluding hydrogens is 220 g/mol. The maximum Gasteiger partial charge on any atom is 0.586 e. The predicted octanol–water partition coefficient (Wildman–Crippen LogP) is 0.870. The number of halogens is 2. The fourth-order valence-corrected chi connectivity index (χ4v) is 1.53. The lowest BCUT2D eigenvalue weighted by molar-refractivity contribution is -0.286. The summed E-state index contributed by atoms with van der Waals surface area (Å²) >= 11 is 0. The first-order chi connectivity index (χ1) is 7.52. The second-order valence-electron chi connectivity index (χ2n) is 3.56. The molecule has 1 aliphatic rings. The summed E-state index contributed by atoms with van der Waals surface area (Å²) in [5, 5.41) is 8.80. The lowest BCUT2D eigenvalue weighted by Crippen LogP contribution is -2.28. The number of hydrogen-bond donors (Lipinski definition) is 2. The van der Waals surface area contributed by atoms with E-state index in [1.165, 1.54) is 6.07 Å². The van der Waals surface area contributed by atoms with Crippen LogP contribution in [0.5, 0.6) is 11.5 Å². The summed E-state index contributed by atoms with van der Waals surface area (Å²) in [6, 6.07) is 4.07. The minimum atomic E-state index is -3.62. The largest absolute Gasteiger partial charge is 0.586 e. The quantitative estimate of drug-likeness (QED) is 0.810. The molecule has 0 saturated carbocycles. The number of fused-ring (bicyclic) bond motifs is 1. The molecule has 0 saturated heterocycles. The van der Waals surface area contributed by atoms with Crippen LogP contribution < -0.4 is 15.2 Å². The van der Waals surface area contributed by atoms with E-state index >= 15 is 0 Å². The molecule has 0 amide bonds. The Hall–Kier alpha value is -1.40. The normalized spacial score (nSPS) is 18.5. The van der Waals surface area contributed by atoms with E-state index in [-0.39, 0.29) is 24.5 Å². The molecule has 16 heavy (non-hydrogen) atoms. The van der Waals surface area contributed by atoms with Crippen molar-refractivity contribution >= 4 is 0 Å². The lowest BCUT2D eigenvalue weighted by atomic mass is 10.1. The highest BCUT2D eigenvalue weighted by Crippen LogP contribution is 2.43. The summed E-state index contributed by atoms with van der Waals surface area (Å²) in [6.45, 7) is -0.221. The van der Waals surface area contributed by atoms with Crippen LogP contribution in [0.2, 0.25) is 0 Å². The van der Waals surface area contributed by atoms with E-state index in [0.29, 0.717) is 5.56 Å². The maximum absolute atomic E-state index is 12.8. The number of rotatable bonds is 3. The molecule has 0 spiro atoms. The topological polar surface area (TPSA) is 64.7 Å². The molecule has 1 heterocycles. The molecule has 3 N–H and O–H groups in total. The van der Waals surface area contributed by atoms with Crippen molar-refractivity contribution in [1.29, 1.82) is 0 Å². The Morgan fingerprint density at radius 3 is 2.81 bits per heavy atom. The molecule has 1 unspecified atom stereocenters. The van der Waals surface area contributed by atoms with Gasteiger partial charge in [-0.25, -0.2) is 0 Å². The third-order valence-electron chi connectivity index (χ3n) is 2.23. The summed E-state index contributed by atoms with van der Waals surface area (Å²) in [4.78, 5) is 0. The highest BCUT2D eigenvalue weighted by Gasteiger charge is 2.44. The van der Waals surface area contributed by atoms with Gasteiger partial charge in [0.1, 0.15) is 0 Å². The van der Waals surface area contributed by atoms with E-state index in [1.807, 2.05) is 0 Å². The maximum atomic E-state index is 12.8. The van der Waals surface area contributed by atoms with Crippen molar-refractivity contribution in [2.75, 3.05) is 6.61 Å². The van der Waals surface area contributed by atoms with Crippen LogP contribution >= 0.6 is 0 Å². The second kappa shape index (κ2) is 3.88. The van der Waals surface area contributed by atoms with Gasteiger partial charge in [-0.1, -0.05) is 12.1 Å². The Kier molecular flexibility index (Phi) is 2.69. The first-order valence-corrected chi connectivity index (χ1v) is 4.76. The van der Waals surface area contributed by atoms with Crippen molar-refractivity contribution in [3.63, 3.8) is 0 Å². The number of ether oxygens (including phenoxy) is 2. The Bertz CT molecular complexity index is 398. The summed E-state index contributed by atoms with van der Waals surface area (Å²) in [6.07, 6.45) is -3.37. The van der Waals surface area contributed by atoms with Crippen LogP contribution in [0.25, 0.3) is 0 Å². The number of hydrogen-bond acceptors (Lipinski definition) is 4. The van der Waals surface area contributed by atoms with Gasteiger partial charge < -0.3 is 20.3 Å². The van der Waals surface area contributed by atoms with Crippen molar-refractivity contribution in [2.24, 2.45) is 5.73 Å². The van der Waals surface area contributed by atoms with Crippen molar-refractivity contribution in [3.05, 3.63) is 23.8 Å². The number of para-hydroxylation sites is 1. The fraction of sp³-hybridized carbons (Fsp3) is 0.400. The van der Waals surface area contributed by atoms with Gasteiger partial charge >= 0.3 is 6.29 Å². The first-order valence-electron chi connectivity index (χ1n) is 4.76. The van der Waals surface area contributed by atoms with Crippen LogP contribution in [-0.2, 0) is 6.42 Å². The zero-order valence-corrected chi connectivity index (χ0v) is 8.32. The first kappa shape index (κ1) is 11.1. The number of aliphatic hydroxyl groups excluding tert-OH is 1. The highest BCUT2D eigenvalue weighted by molar-refractivity contribution is 5.49. The molecule has 4 nitrogen and oxygen atoms in total. The van der Waals surface area contributed by atoms with Gasteiger partial charge in [-0.15, -0.1) is 8.78 Å². The highest BCUT2D eigenvalue weighted by atomic mass is 19.3. The van der Waals surface area contributed by atoms with Crippen LogP contribution in [0.1, 0.15) is 5.56 Å². The average molecular weight is 231 g/mol. The zero-order valence-electron chi connectivity index (χ0n) is 8.32. The predicted molar refractivity (Wildman–Crippen MR) is 51.4 cm³/mol. The summed E-state index contributed by atoms with van der Waals surface area (Å²) < 4.78 is 34.3. The molecule has 0 aliphatic carbocycles. The lowest BCUT2D eigenvalue weighted by Gasteiger charge is -2.10. The molecule has 1 aromatic rings. The van der Waals surface area contributed by atoms with Gasteiger partial charge in [-0.3, -0.25) is 0 Å². The minimum Gasteiger partial charge on any atom is -0.395 e. The molecule has 0 fully saturated rings. The smallest absolute Gasteiger partial charge is 0.395 e. The SMILES string of the molecule is NC(CO)Cc1cccc2c1OC(F)(F)O2. The van der Waals surface area contributed by atoms with Crippen molar-refractivity contribution < 1.29 is 23.4 Å². The van der Waals surface area contributed by atoms with Crippen molar-refractivity contribution in [1.82, 2.24) is 0 Å². The van der Waals surface area contributed by atoms with Gasteiger partial charge in [0.25, 0.3) is 0 Å². The Morgan fingerprint density at radius 2 is 2.12 bits per heavy atom. The van der Waals surface area contributed by atoms with Gasteiger partial charge in [-0.2, -0.15) is 0 Å². The van der Waals surface area contributed by atoms with Gasteiger partial charge in [0, 0.05) is 11.6 Å². The number of benzene rings is 1. The molecular formula is C10H11F2NO3. The van der Waals surface area contributed by atoms with Gasteiger partial charge in [-0.05, 0) is 12.5 Å². The average Bonchev–Trinajstić information content (AvgIpc) is 2.53. The minimum absolute atomic E-state index is 0.00333. The van der Waals surface area contributed by atoms with Crippen LogP contribution in [-0.4, -0.2) is 24.0 Å². The van der Waals surface area contributed by atoms with E-state index in [1.54, 1.807) is 12.1 Å². The van der Waals surface area contributed by atoms with Crippen LogP contribution in [0.4, 0.5) is 8.78 Å². The van der Waals surface area contributed by atoms with E-state index in [2.05, 4.69) is 9.47 Å². The third kappa shape index (κ3) is 2.07. The number of nitrogens with two attached hydrogens (primary N) is 1. The molecule has 2 rings (SSSR count). The molecule has 1 aromatic carbocycles. The molecule has 0 radical (unpaired) electrons. The van der Waals surface area contributed by atoms with Crippen LogP contribution in [0.15, 0.2) is 18.2 Å². The molecule has 1 aliphatic heterocycles. The number of aliphatic hydroxyl groups is 1. The van der Waals surface area contributed by atoms with Gasteiger partial charge in [0.2, 0.25) is 0 Å². The third-order valence-corrected chi connectivity index (χ3v) is 2.23. The Balaban J connectivity index is 2.26. The number of alkyl halides is 2. The van der Waals surface area contributed by atoms with E-state index in [0.717, 1.165) is 0 Å². The van der Waals surface area contributed by atoms with Crippen LogP contribution in [0, 0.1) is 0 Å². The van der Waals surface area contributed by atoms with Crippen LogP contribution in [0.3, 0.4) is 0 Å². The standard InChI is InChI=1S/C10H11F2NO3/c11-10(12)15-8-3-1-2-6(9(8)16-10)4-7(13)5-14/h1-3,7,14H,4-5,13H2. The zero-order chi connectivity index (χ0) is 11.8. The molecule has 0 bridgehead atoms. The summed E-state index contributed by atoms with van der Waals surface area (Å²) in [5.41, 5.74) is 6.03. The Morgan fingerprint density at radius 1 is 1.38 bits per heavy atom. The Labute approximate surface area is 90.6 Å². The molecule has 88 valence electrons. The summed E-state index contributed by atoms with van der Waals surface area (Å²) in [5.74, 6) is -0.0101. The van der Waals surface area contributed by atoms with E-state index < -0.39 is 12.3 Å². The van der Waals surface area contributed by atoms with E-state index in [4.69, 9.17) is 10.8 Å².